The van der Waals surface area contributed by atoms with Crippen molar-refractivity contribution in [3.8, 4) is 0 Å². The fourth-order valence-electron chi connectivity index (χ4n) is 2.39. The Morgan fingerprint density at radius 3 is 2.50 bits per heavy atom. The molecule has 0 aliphatic heterocycles. The molecule has 0 saturated heterocycles. The van der Waals surface area contributed by atoms with Gasteiger partial charge in [0.1, 0.15) is 0 Å². The number of nitrogens with two attached hydrogens (primary N) is 2. The van der Waals surface area contributed by atoms with Crippen molar-refractivity contribution in [3.63, 3.8) is 0 Å². The van der Waals surface area contributed by atoms with Crippen LogP contribution >= 0.6 is 0 Å². The summed E-state index contributed by atoms with van der Waals surface area (Å²) in [6.45, 7) is 0. The molecule has 0 heterocycles. The van der Waals surface area contributed by atoms with E-state index < -0.39 is 0 Å². The van der Waals surface area contributed by atoms with E-state index in [1.54, 1.807) is 0 Å². The molecule has 1 aliphatic rings. The number of rotatable bonds is 1. The van der Waals surface area contributed by atoms with E-state index in [-0.39, 0.29) is 0 Å². The molecule has 0 aromatic heterocycles. The second-order valence-electron chi connectivity index (χ2n) is 4.18. The quantitative estimate of drug-likeness (QED) is 0.667. The Bertz CT molecular complexity index is 309. The average molecular weight is 190 g/mol. The Labute approximate surface area is 85.3 Å². The lowest BCUT2D eigenvalue weighted by molar-refractivity contribution is 0.386. The van der Waals surface area contributed by atoms with Crippen LogP contribution in [0, 0.1) is 0 Å². The highest BCUT2D eigenvalue weighted by atomic mass is 14.7. The molecule has 2 rings (SSSR count). The highest BCUT2D eigenvalue weighted by molar-refractivity contribution is 5.49. The first-order valence-corrected chi connectivity index (χ1v) is 5.39. The maximum absolute atomic E-state index is 6.12. The SMILES string of the molecule is Nc1ccccc1[C@@H]1CCCC[C@@H]1N. The van der Waals surface area contributed by atoms with Crippen LogP contribution in [0.5, 0.6) is 0 Å². The minimum absolute atomic E-state index is 0.299. The maximum Gasteiger partial charge on any atom is 0.0350 e. The van der Waals surface area contributed by atoms with Gasteiger partial charge in [0.2, 0.25) is 0 Å². The highest BCUT2D eigenvalue weighted by Gasteiger charge is 2.24. The smallest absolute Gasteiger partial charge is 0.0350 e. The zero-order chi connectivity index (χ0) is 9.97. The topological polar surface area (TPSA) is 52.0 Å². The van der Waals surface area contributed by atoms with Gasteiger partial charge in [-0.05, 0) is 24.5 Å². The molecule has 0 unspecified atom stereocenters. The molecule has 1 aliphatic carbocycles. The Balaban J connectivity index is 2.25. The Kier molecular flexibility index (Phi) is 2.73. The number of nitrogen functional groups attached to an aromatic ring is 1. The highest BCUT2D eigenvalue weighted by Crippen LogP contribution is 2.34. The summed E-state index contributed by atoms with van der Waals surface area (Å²) in [5.74, 6) is 0.477. The molecule has 1 aromatic rings. The van der Waals surface area contributed by atoms with E-state index in [0.29, 0.717) is 12.0 Å². The van der Waals surface area contributed by atoms with Crippen molar-refractivity contribution >= 4 is 5.69 Å². The van der Waals surface area contributed by atoms with Gasteiger partial charge < -0.3 is 11.5 Å². The van der Waals surface area contributed by atoms with E-state index in [2.05, 4.69) is 6.07 Å². The van der Waals surface area contributed by atoms with Gasteiger partial charge >= 0.3 is 0 Å². The van der Waals surface area contributed by atoms with Gasteiger partial charge in [-0.15, -0.1) is 0 Å². The van der Waals surface area contributed by atoms with Crippen LogP contribution in [0.3, 0.4) is 0 Å². The average Bonchev–Trinajstić information content (AvgIpc) is 2.20. The zero-order valence-electron chi connectivity index (χ0n) is 8.45. The summed E-state index contributed by atoms with van der Waals surface area (Å²) in [6, 6.07) is 8.41. The maximum atomic E-state index is 6.12. The minimum Gasteiger partial charge on any atom is -0.398 e. The van der Waals surface area contributed by atoms with Crippen molar-refractivity contribution in [2.45, 2.75) is 37.6 Å². The van der Waals surface area contributed by atoms with Crippen molar-refractivity contribution in [2.75, 3.05) is 5.73 Å². The van der Waals surface area contributed by atoms with E-state index in [1.807, 2.05) is 18.2 Å². The first-order chi connectivity index (χ1) is 6.79. The number of anilines is 1. The van der Waals surface area contributed by atoms with E-state index in [1.165, 1.54) is 24.8 Å². The van der Waals surface area contributed by atoms with E-state index >= 15 is 0 Å². The van der Waals surface area contributed by atoms with Gasteiger partial charge in [0.05, 0.1) is 0 Å². The minimum atomic E-state index is 0.299. The summed E-state index contributed by atoms with van der Waals surface area (Å²) in [5, 5.41) is 0. The second-order valence-corrected chi connectivity index (χ2v) is 4.18. The molecule has 1 fully saturated rings. The van der Waals surface area contributed by atoms with Crippen LogP contribution < -0.4 is 11.5 Å². The fourth-order valence-corrected chi connectivity index (χ4v) is 2.39. The Hall–Kier alpha value is -1.02. The Morgan fingerprint density at radius 1 is 1.07 bits per heavy atom. The third kappa shape index (κ3) is 1.75. The summed E-state index contributed by atoms with van der Waals surface area (Å²) >= 11 is 0. The lowest BCUT2D eigenvalue weighted by atomic mass is 9.80. The van der Waals surface area contributed by atoms with Gasteiger partial charge in [0, 0.05) is 17.6 Å². The van der Waals surface area contributed by atoms with Gasteiger partial charge in [-0.25, -0.2) is 0 Å². The molecule has 0 amide bonds. The van der Waals surface area contributed by atoms with Crippen LogP contribution in [-0.2, 0) is 0 Å². The largest absolute Gasteiger partial charge is 0.398 e. The first-order valence-electron chi connectivity index (χ1n) is 5.39. The van der Waals surface area contributed by atoms with E-state index in [0.717, 1.165) is 12.1 Å². The van der Waals surface area contributed by atoms with Crippen LogP contribution in [0.15, 0.2) is 24.3 Å². The number of para-hydroxylation sites is 1. The summed E-state index contributed by atoms with van der Waals surface area (Å²) in [6.07, 6.45) is 4.88. The van der Waals surface area contributed by atoms with Gasteiger partial charge in [-0.2, -0.15) is 0 Å². The van der Waals surface area contributed by atoms with Crippen molar-refractivity contribution in [2.24, 2.45) is 5.73 Å². The van der Waals surface area contributed by atoms with Crippen molar-refractivity contribution < 1.29 is 0 Å². The molecule has 0 radical (unpaired) electrons. The summed E-state index contributed by atoms with van der Waals surface area (Å²) in [7, 11) is 0. The molecule has 1 aromatic carbocycles. The fraction of sp³-hybridized carbons (Fsp3) is 0.500. The summed E-state index contributed by atoms with van der Waals surface area (Å²) in [5.41, 5.74) is 14.2. The van der Waals surface area contributed by atoms with Gasteiger partial charge in [0.15, 0.2) is 0 Å². The van der Waals surface area contributed by atoms with Crippen molar-refractivity contribution in [1.29, 1.82) is 0 Å². The molecule has 0 bridgehead atoms. The summed E-state index contributed by atoms with van der Waals surface area (Å²) < 4.78 is 0. The van der Waals surface area contributed by atoms with Crippen molar-refractivity contribution in [1.82, 2.24) is 0 Å². The molecule has 14 heavy (non-hydrogen) atoms. The number of benzene rings is 1. The van der Waals surface area contributed by atoms with Gasteiger partial charge in [0.25, 0.3) is 0 Å². The molecule has 4 N–H and O–H groups in total. The summed E-state index contributed by atoms with van der Waals surface area (Å²) in [4.78, 5) is 0. The lowest BCUT2D eigenvalue weighted by Gasteiger charge is -2.29. The molecule has 2 nitrogen and oxygen atoms in total. The van der Waals surface area contributed by atoms with Crippen LogP contribution in [0.2, 0.25) is 0 Å². The Morgan fingerprint density at radius 2 is 1.79 bits per heavy atom. The molecule has 76 valence electrons. The number of hydrogen-bond donors (Lipinski definition) is 2. The first kappa shape index (κ1) is 9.53. The third-order valence-electron chi connectivity index (χ3n) is 3.21. The normalized spacial score (nSPS) is 27.5. The molecule has 1 saturated carbocycles. The van der Waals surface area contributed by atoms with Crippen LogP contribution in [0.1, 0.15) is 37.2 Å². The lowest BCUT2D eigenvalue weighted by Crippen LogP contribution is -2.31. The van der Waals surface area contributed by atoms with E-state index in [9.17, 15) is 0 Å². The molecular formula is C12H18N2. The molecule has 0 spiro atoms. The predicted molar refractivity (Wildman–Crippen MR) is 60.0 cm³/mol. The molecule has 2 atom stereocenters. The van der Waals surface area contributed by atoms with Gasteiger partial charge in [-0.3, -0.25) is 0 Å². The standard InChI is InChI=1S/C12H18N2/c13-11-7-3-1-5-9(11)10-6-2-4-8-12(10)14/h1,3,5,7,10,12H,2,4,6,8,13-14H2/t10-,12-/m0/s1. The van der Waals surface area contributed by atoms with Crippen LogP contribution in [0.4, 0.5) is 5.69 Å². The third-order valence-corrected chi connectivity index (χ3v) is 3.21. The molecular weight excluding hydrogens is 172 g/mol. The molecule has 2 heteroatoms. The van der Waals surface area contributed by atoms with Gasteiger partial charge in [-0.1, -0.05) is 31.0 Å². The van der Waals surface area contributed by atoms with E-state index in [4.69, 9.17) is 11.5 Å². The van der Waals surface area contributed by atoms with Crippen LogP contribution in [0.25, 0.3) is 0 Å². The predicted octanol–water partition coefficient (Wildman–Crippen LogP) is 2.25. The zero-order valence-corrected chi connectivity index (χ0v) is 8.45. The van der Waals surface area contributed by atoms with Crippen LogP contribution in [-0.4, -0.2) is 6.04 Å². The second kappa shape index (κ2) is 4.01. The number of hydrogen-bond acceptors (Lipinski definition) is 2. The van der Waals surface area contributed by atoms with Crippen molar-refractivity contribution in [3.05, 3.63) is 29.8 Å². The monoisotopic (exact) mass is 190 g/mol.